The summed E-state index contributed by atoms with van der Waals surface area (Å²) in [5.74, 6) is 2.60. The fourth-order valence-electron chi connectivity index (χ4n) is 2.39. The Morgan fingerprint density at radius 1 is 1.32 bits per heavy atom. The number of ether oxygens (including phenoxy) is 1. The summed E-state index contributed by atoms with van der Waals surface area (Å²) in [6.07, 6.45) is 0.979. The van der Waals surface area contributed by atoms with E-state index < -0.39 is 0 Å². The molecule has 1 N–H and O–H groups in total. The molecule has 0 atom stereocenters. The molecule has 0 saturated heterocycles. The Hall–Kier alpha value is -2.10. The quantitative estimate of drug-likeness (QED) is 0.916. The van der Waals surface area contributed by atoms with Gasteiger partial charge >= 0.3 is 0 Å². The van der Waals surface area contributed by atoms with E-state index in [-0.39, 0.29) is 0 Å². The van der Waals surface area contributed by atoms with Gasteiger partial charge in [-0.15, -0.1) is 0 Å². The van der Waals surface area contributed by atoms with E-state index >= 15 is 0 Å². The Bertz CT molecular complexity index is 610. The van der Waals surface area contributed by atoms with Crippen molar-refractivity contribution in [3.63, 3.8) is 0 Å². The van der Waals surface area contributed by atoms with Crippen molar-refractivity contribution in [1.29, 1.82) is 0 Å². The Morgan fingerprint density at radius 2 is 2.21 bits per heavy atom. The van der Waals surface area contributed by atoms with Crippen LogP contribution in [0.4, 0.5) is 5.82 Å². The highest BCUT2D eigenvalue weighted by Gasteiger charge is 2.18. The van der Waals surface area contributed by atoms with Crippen molar-refractivity contribution in [2.75, 3.05) is 18.5 Å². The fourth-order valence-corrected chi connectivity index (χ4v) is 2.39. The third-order valence-electron chi connectivity index (χ3n) is 3.19. The Kier molecular flexibility index (Phi) is 3.07. The average Bonchev–Trinajstić information content (AvgIpc) is 2.86. The molecule has 0 fully saturated rings. The molecule has 0 spiro atoms. The summed E-state index contributed by atoms with van der Waals surface area (Å²) in [6.45, 7) is 5.57. The van der Waals surface area contributed by atoms with E-state index in [0.717, 1.165) is 48.2 Å². The van der Waals surface area contributed by atoms with Crippen LogP contribution in [-0.2, 0) is 6.42 Å². The van der Waals surface area contributed by atoms with Crippen LogP contribution in [0.1, 0.15) is 18.3 Å². The number of hydrogen-bond donors (Lipinski definition) is 1. The zero-order chi connectivity index (χ0) is 13.2. The second kappa shape index (κ2) is 4.88. The van der Waals surface area contributed by atoms with Crippen molar-refractivity contribution >= 4 is 5.82 Å². The fraction of sp³-hybridized carbons (Fsp3) is 0.333. The summed E-state index contributed by atoms with van der Waals surface area (Å²) < 4.78 is 5.74. The maximum absolute atomic E-state index is 5.74. The first kappa shape index (κ1) is 12.0. The molecule has 0 radical (unpaired) electrons. The molecule has 4 heteroatoms. The number of hydrogen-bond acceptors (Lipinski definition) is 4. The van der Waals surface area contributed by atoms with E-state index in [1.165, 1.54) is 5.56 Å². The SMILES string of the molecule is CCNc1cc(-c2cccc3c2OCC3)nc(C)n1. The molecular formula is C15H17N3O. The van der Waals surface area contributed by atoms with Crippen LogP contribution in [-0.4, -0.2) is 23.1 Å². The smallest absolute Gasteiger partial charge is 0.132 e. The molecule has 2 aromatic rings. The summed E-state index contributed by atoms with van der Waals surface area (Å²) in [4.78, 5) is 8.91. The Balaban J connectivity index is 2.09. The first-order chi connectivity index (χ1) is 9.28. The van der Waals surface area contributed by atoms with Gasteiger partial charge in [-0.2, -0.15) is 0 Å². The van der Waals surface area contributed by atoms with Crippen LogP contribution < -0.4 is 10.1 Å². The minimum absolute atomic E-state index is 0.760. The summed E-state index contributed by atoms with van der Waals surface area (Å²) in [5, 5.41) is 3.23. The van der Waals surface area contributed by atoms with E-state index in [1.54, 1.807) is 0 Å². The van der Waals surface area contributed by atoms with Crippen molar-refractivity contribution < 1.29 is 4.74 Å². The van der Waals surface area contributed by atoms with Crippen LogP contribution in [0.2, 0.25) is 0 Å². The zero-order valence-electron chi connectivity index (χ0n) is 11.2. The van der Waals surface area contributed by atoms with Gasteiger partial charge in [-0.1, -0.05) is 12.1 Å². The van der Waals surface area contributed by atoms with Crippen LogP contribution in [0.5, 0.6) is 5.75 Å². The normalized spacial score (nSPS) is 12.9. The summed E-state index contributed by atoms with van der Waals surface area (Å²) in [5.41, 5.74) is 3.24. The van der Waals surface area contributed by atoms with E-state index in [4.69, 9.17) is 4.74 Å². The van der Waals surface area contributed by atoms with Gasteiger partial charge in [0, 0.05) is 24.6 Å². The zero-order valence-corrected chi connectivity index (χ0v) is 11.2. The molecule has 1 aromatic heterocycles. The lowest BCUT2D eigenvalue weighted by molar-refractivity contribution is 0.358. The molecule has 0 amide bonds. The summed E-state index contributed by atoms with van der Waals surface area (Å²) in [6, 6.07) is 8.22. The second-order valence-corrected chi connectivity index (χ2v) is 4.61. The minimum atomic E-state index is 0.760. The molecule has 19 heavy (non-hydrogen) atoms. The maximum Gasteiger partial charge on any atom is 0.132 e. The van der Waals surface area contributed by atoms with Gasteiger partial charge in [0.15, 0.2) is 0 Å². The van der Waals surface area contributed by atoms with Crippen LogP contribution in [0.25, 0.3) is 11.3 Å². The standard InChI is InChI=1S/C15H17N3O/c1-3-16-14-9-13(17-10(2)18-14)12-6-4-5-11-7-8-19-15(11)12/h4-6,9H,3,7-8H2,1-2H3,(H,16,17,18). The molecule has 0 aliphatic carbocycles. The van der Waals surface area contributed by atoms with Crippen LogP contribution in [0, 0.1) is 6.92 Å². The van der Waals surface area contributed by atoms with Crippen molar-refractivity contribution in [1.82, 2.24) is 9.97 Å². The topological polar surface area (TPSA) is 47.0 Å². The lowest BCUT2D eigenvalue weighted by Gasteiger charge is -2.10. The number of rotatable bonds is 3. The average molecular weight is 255 g/mol. The molecule has 3 rings (SSSR count). The van der Waals surface area contributed by atoms with Gasteiger partial charge in [0.1, 0.15) is 17.4 Å². The Labute approximate surface area is 112 Å². The van der Waals surface area contributed by atoms with E-state index in [2.05, 4.69) is 40.4 Å². The molecule has 0 saturated carbocycles. The maximum atomic E-state index is 5.74. The number of aromatic nitrogens is 2. The van der Waals surface area contributed by atoms with Gasteiger partial charge < -0.3 is 10.1 Å². The lowest BCUT2D eigenvalue weighted by Crippen LogP contribution is -2.02. The third kappa shape index (κ3) is 2.26. The number of para-hydroxylation sites is 1. The first-order valence-corrected chi connectivity index (χ1v) is 6.62. The molecule has 1 aliphatic rings. The van der Waals surface area contributed by atoms with Gasteiger partial charge in [-0.3, -0.25) is 0 Å². The Morgan fingerprint density at radius 3 is 3.05 bits per heavy atom. The van der Waals surface area contributed by atoms with Gasteiger partial charge in [0.2, 0.25) is 0 Å². The highest BCUT2D eigenvalue weighted by molar-refractivity contribution is 5.71. The van der Waals surface area contributed by atoms with Gasteiger partial charge in [-0.25, -0.2) is 9.97 Å². The van der Waals surface area contributed by atoms with Crippen molar-refractivity contribution in [2.45, 2.75) is 20.3 Å². The summed E-state index contributed by atoms with van der Waals surface area (Å²) >= 11 is 0. The third-order valence-corrected chi connectivity index (χ3v) is 3.19. The number of fused-ring (bicyclic) bond motifs is 1. The molecule has 0 unspecified atom stereocenters. The number of anilines is 1. The number of nitrogens with zero attached hydrogens (tertiary/aromatic N) is 2. The first-order valence-electron chi connectivity index (χ1n) is 6.62. The highest BCUT2D eigenvalue weighted by atomic mass is 16.5. The van der Waals surface area contributed by atoms with E-state index in [0.29, 0.717) is 0 Å². The monoisotopic (exact) mass is 255 g/mol. The predicted octanol–water partition coefficient (Wildman–Crippen LogP) is 2.82. The van der Waals surface area contributed by atoms with Crippen LogP contribution >= 0.6 is 0 Å². The molecular weight excluding hydrogens is 238 g/mol. The molecule has 98 valence electrons. The molecule has 1 aliphatic heterocycles. The van der Waals surface area contributed by atoms with Gasteiger partial charge in [-0.05, 0) is 25.5 Å². The highest BCUT2D eigenvalue weighted by Crippen LogP contribution is 2.36. The number of benzene rings is 1. The molecule has 0 bridgehead atoms. The van der Waals surface area contributed by atoms with Crippen molar-refractivity contribution in [3.8, 4) is 17.0 Å². The van der Waals surface area contributed by atoms with E-state index in [9.17, 15) is 0 Å². The number of nitrogens with one attached hydrogen (secondary N) is 1. The largest absolute Gasteiger partial charge is 0.492 e. The number of aryl methyl sites for hydroxylation is 1. The molecule has 2 heterocycles. The summed E-state index contributed by atoms with van der Waals surface area (Å²) in [7, 11) is 0. The second-order valence-electron chi connectivity index (χ2n) is 4.61. The van der Waals surface area contributed by atoms with Crippen LogP contribution in [0.15, 0.2) is 24.3 Å². The van der Waals surface area contributed by atoms with Crippen molar-refractivity contribution in [2.24, 2.45) is 0 Å². The molecule has 1 aromatic carbocycles. The van der Waals surface area contributed by atoms with Crippen LogP contribution in [0.3, 0.4) is 0 Å². The van der Waals surface area contributed by atoms with E-state index in [1.807, 2.05) is 13.0 Å². The van der Waals surface area contributed by atoms with Gasteiger partial charge in [0.25, 0.3) is 0 Å². The predicted molar refractivity (Wildman–Crippen MR) is 75.6 cm³/mol. The molecule has 4 nitrogen and oxygen atoms in total. The van der Waals surface area contributed by atoms with Gasteiger partial charge in [0.05, 0.1) is 12.3 Å². The van der Waals surface area contributed by atoms with Crippen molar-refractivity contribution in [3.05, 3.63) is 35.7 Å². The lowest BCUT2D eigenvalue weighted by atomic mass is 10.1. The minimum Gasteiger partial charge on any atom is -0.492 e.